The summed E-state index contributed by atoms with van der Waals surface area (Å²) in [5.74, 6) is -0.300. The molecule has 102 valence electrons. The van der Waals surface area contributed by atoms with Crippen LogP contribution in [0.2, 0.25) is 0 Å². The van der Waals surface area contributed by atoms with E-state index in [1.165, 1.54) is 18.9 Å². The summed E-state index contributed by atoms with van der Waals surface area (Å²) >= 11 is 0. The standard InChI is InChI=1S/C16H21FN2/c1-16(2)8-6-13(7-9-16)19(3)15-5-4-12(11-18)10-14(15)17/h4-5,10,13H,6-9H2,1-3H3. The molecular formula is C16H21FN2. The maximum absolute atomic E-state index is 14.0. The number of rotatable bonds is 2. The number of hydrogen-bond acceptors (Lipinski definition) is 2. The lowest BCUT2D eigenvalue weighted by Gasteiger charge is -2.39. The van der Waals surface area contributed by atoms with Crippen LogP contribution in [0.15, 0.2) is 18.2 Å². The highest BCUT2D eigenvalue weighted by Gasteiger charge is 2.29. The van der Waals surface area contributed by atoms with E-state index in [4.69, 9.17) is 5.26 Å². The summed E-state index contributed by atoms with van der Waals surface area (Å²) in [5, 5.41) is 8.77. The van der Waals surface area contributed by atoms with Gasteiger partial charge in [0.1, 0.15) is 5.82 Å². The van der Waals surface area contributed by atoms with Crippen molar-refractivity contribution in [3.63, 3.8) is 0 Å². The van der Waals surface area contributed by atoms with E-state index in [-0.39, 0.29) is 5.82 Å². The molecule has 0 atom stereocenters. The largest absolute Gasteiger partial charge is 0.369 e. The molecule has 1 saturated carbocycles. The zero-order valence-electron chi connectivity index (χ0n) is 11.9. The van der Waals surface area contributed by atoms with Gasteiger partial charge in [-0.2, -0.15) is 5.26 Å². The lowest BCUT2D eigenvalue weighted by molar-refractivity contribution is 0.222. The average Bonchev–Trinajstić information content (AvgIpc) is 2.37. The minimum Gasteiger partial charge on any atom is -0.369 e. The monoisotopic (exact) mass is 260 g/mol. The summed E-state index contributed by atoms with van der Waals surface area (Å²) in [4.78, 5) is 2.03. The molecule has 3 heteroatoms. The zero-order chi connectivity index (χ0) is 14.0. The summed E-state index contributed by atoms with van der Waals surface area (Å²) in [6, 6.07) is 7.08. The number of hydrogen-bond donors (Lipinski definition) is 0. The maximum Gasteiger partial charge on any atom is 0.147 e. The third-order valence-corrected chi connectivity index (χ3v) is 4.31. The van der Waals surface area contributed by atoms with Gasteiger partial charge in [-0.15, -0.1) is 0 Å². The van der Waals surface area contributed by atoms with E-state index in [0.717, 1.165) is 12.8 Å². The first-order valence-electron chi connectivity index (χ1n) is 6.85. The van der Waals surface area contributed by atoms with Crippen LogP contribution in [0.5, 0.6) is 0 Å². The zero-order valence-corrected chi connectivity index (χ0v) is 11.9. The van der Waals surface area contributed by atoms with E-state index in [1.807, 2.05) is 18.0 Å². The quantitative estimate of drug-likeness (QED) is 0.800. The molecule has 0 spiro atoms. The number of benzene rings is 1. The fraction of sp³-hybridized carbons (Fsp3) is 0.562. The van der Waals surface area contributed by atoms with Crippen LogP contribution in [-0.2, 0) is 0 Å². The number of anilines is 1. The van der Waals surface area contributed by atoms with Crippen molar-refractivity contribution in [2.75, 3.05) is 11.9 Å². The molecule has 0 aliphatic heterocycles. The molecule has 0 aromatic heterocycles. The van der Waals surface area contributed by atoms with Crippen molar-refractivity contribution in [2.45, 2.75) is 45.6 Å². The first-order chi connectivity index (χ1) is 8.93. The van der Waals surface area contributed by atoms with E-state index in [0.29, 0.717) is 22.7 Å². The van der Waals surface area contributed by atoms with Gasteiger partial charge in [-0.1, -0.05) is 13.8 Å². The Morgan fingerprint density at radius 1 is 1.32 bits per heavy atom. The summed E-state index contributed by atoms with van der Waals surface area (Å²) in [7, 11) is 1.95. The molecule has 1 aromatic carbocycles. The van der Waals surface area contributed by atoms with Crippen LogP contribution in [0.1, 0.15) is 45.1 Å². The molecular weight excluding hydrogens is 239 g/mol. The Balaban J connectivity index is 2.12. The molecule has 1 aliphatic rings. The average molecular weight is 260 g/mol. The summed E-state index contributed by atoms with van der Waals surface area (Å²) in [6.45, 7) is 4.59. The van der Waals surface area contributed by atoms with Gasteiger partial charge in [0.25, 0.3) is 0 Å². The van der Waals surface area contributed by atoms with Gasteiger partial charge in [-0.3, -0.25) is 0 Å². The molecule has 19 heavy (non-hydrogen) atoms. The van der Waals surface area contributed by atoms with Crippen LogP contribution in [0.3, 0.4) is 0 Å². The summed E-state index contributed by atoms with van der Waals surface area (Å²) < 4.78 is 14.0. The van der Waals surface area contributed by atoms with E-state index in [1.54, 1.807) is 12.1 Å². The summed E-state index contributed by atoms with van der Waals surface area (Å²) in [5.41, 5.74) is 1.39. The van der Waals surface area contributed by atoms with Crippen molar-refractivity contribution in [3.05, 3.63) is 29.6 Å². The van der Waals surface area contributed by atoms with Crippen LogP contribution in [0, 0.1) is 22.6 Å². The Hall–Kier alpha value is -1.56. The van der Waals surface area contributed by atoms with Crippen molar-refractivity contribution in [3.8, 4) is 6.07 Å². The molecule has 1 aliphatic carbocycles. The van der Waals surface area contributed by atoms with Crippen LogP contribution in [0.25, 0.3) is 0 Å². The highest BCUT2D eigenvalue weighted by molar-refractivity contribution is 5.51. The SMILES string of the molecule is CN(c1ccc(C#N)cc1F)C1CCC(C)(C)CC1. The van der Waals surface area contributed by atoms with E-state index in [2.05, 4.69) is 13.8 Å². The number of nitriles is 1. The van der Waals surface area contributed by atoms with E-state index < -0.39 is 0 Å². The van der Waals surface area contributed by atoms with Crippen LogP contribution >= 0.6 is 0 Å². The van der Waals surface area contributed by atoms with Crippen molar-refractivity contribution >= 4 is 5.69 Å². The molecule has 2 rings (SSSR count). The highest BCUT2D eigenvalue weighted by Crippen LogP contribution is 2.38. The van der Waals surface area contributed by atoms with Crippen LogP contribution in [-0.4, -0.2) is 13.1 Å². The van der Waals surface area contributed by atoms with Crippen molar-refractivity contribution < 1.29 is 4.39 Å². The lowest BCUT2D eigenvalue weighted by Crippen LogP contribution is -2.37. The number of nitrogens with zero attached hydrogens (tertiary/aromatic N) is 2. The normalized spacial score (nSPS) is 18.9. The first-order valence-corrected chi connectivity index (χ1v) is 6.85. The Labute approximate surface area is 114 Å². The van der Waals surface area contributed by atoms with Gasteiger partial charge >= 0.3 is 0 Å². The molecule has 0 radical (unpaired) electrons. The molecule has 0 N–H and O–H groups in total. The molecule has 2 nitrogen and oxygen atoms in total. The molecule has 0 amide bonds. The van der Waals surface area contributed by atoms with Gasteiger partial charge in [0.05, 0.1) is 17.3 Å². The Kier molecular flexibility index (Phi) is 3.80. The fourth-order valence-corrected chi connectivity index (χ4v) is 2.83. The molecule has 0 saturated heterocycles. The third-order valence-electron chi connectivity index (χ3n) is 4.31. The molecule has 0 unspecified atom stereocenters. The van der Waals surface area contributed by atoms with Gasteiger partial charge in [0.15, 0.2) is 0 Å². The fourth-order valence-electron chi connectivity index (χ4n) is 2.83. The first kappa shape index (κ1) is 13.9. The molecule has 0 heterocycles. The van der Waals surface area contributed by atoms with Crippen molar-refractivity contribution in [1.29, 1.82) is 5.26 Å². The second-order valence-corrected chi connectivity index (χ2v) is 6.28. The van der Waals surface area contributed by atoms with Gasteiger partial charge in [0.2, 0.25) is 0 Å². The second kappa shape index (κ2) is 5.21. The molecule has 0 bridgehead atoms. The van der Waals surface area contributed by atoms with Gasteiger partial charge in [-0.25, -0.2) is 4.39 Å². The smallest absolute Gasteiger partial charge is 0.147 e. The Morgan fingerprint density at radius 3 is 2.47 bits per heavy atom. The van der Waals surface area contributed by atoms with Crippen molar-refractivity contribution in [1.82, 2.24) is 0 Å². The number of halogens is 1. The van der Waals surface area contributed by atoms with E-state index >= 15 is 0 Å². The minimum absolute atomic E-state index is 0.300. The second-order valence-electron chi connectivity index (χ2n) is 6.28. The van der Waals surface area contributed by atoms with E-state index in [9.17, 15) is 4.39 Å². The van der Waals surface area contributed by atoms with Gasteiger partial charge in [-0.05, 0) is 49.3 Å². The Bertz CT molecular complexity index is 492. The third kappa shape index (κ3) is 3.07. The van der Waals surface area contributed by atoms with Gasteiger partial charge in [0, 0.05) is 13.1 Å². The van der Waals surface area contributed by atoms with Gasteiger partial charge < -0.3 is 4.90 Å². The molecule has 1 fully saturated rings. The Morgan fingerprint density at radius 2 is 1.95 bits per heavy atom. The predicted molar refractivity (Wildman–Crippen MR) is 75.6 cm³/mol. The summed E-state index contributed by atoms with van der Waals surface area (Å²) in [6.07, 6.45) is 4.56. The van der Waals surface area contributed by atoms with Crippen LogP contribution < -0.4 is 4.90 Å². The predicted octanol–water partition coefficient (Wildman–Crippen LogP) is 4.10. The lowest BCUT2D eigenvalue weighted by atomic mass is 9.75. The topological polar surface area (TPSA) is 27.0 Å². The highest BCUT2D eigenvalue weighted by atomic mass is 19.1. The molecule has 1 aromatic rings. The minimum atomic E-state index is -0.300. The van der Waals surface area contributed by atoms with Crippen molar-refractivity contribution in [2.24, 2.45) is 5.41 Å². The maximum atomic E-state index is 14.0. The van der Waals surface area contributed by atoms with Crippen LogP contribution in [0.4, 0.5) is 10.1 Å².